The molecule has 5 rings (SSSR count). The molecule has 1 saturated carbocycles. The summed E-state index contributed by atoms with van der Waals surface area (Å²) in [7, 11) is 0. The summed E-state index contributed by atoms with van der Waals surface area (Å²) in [6, 6.07) is 26.6. The molecule has 0 unspecified atom stereocenters. The van der Waals surface area contributed by atoms with Crippen LogP contribution in [0.5, 0.6) is 0 Å². The summed E-state index contributed by atoms with van der Waals surface area (Å²) < 4.78 is 5.69. The largest absolute Gasteiger partial charge is 0.458 e. The van der Waals surface area contributed by atoms with Gasteiger partial charge in [-0.2, -0.15) is 0 Å². The van der Waals surface area contributed by atoms with Crippen molar-refractivity contribution < 1.29 is 14.6 Å². The number of carbonyl (C=O) groups is 1. The normalized spacial score (nSPS) is 15.2. The first-order valence-corrected chi connectivity index (χ1v) is 15.5. The molecule has 0 radical (unpaired) electrons. The highest BCUT2D eigenvalue weighted by Gasteiger charge is 2.46. The topological polar surface area (TPSA) is 59.4 Å². The van der Waals surface area contributed by atoms with Gasteiger partial charge in [0.2, 0.25) is 0 Å². The SMILES string of the molecule is CC(=O)OC1(CS[C@H](CCc2ccccc2C(C)(C)O)c2cccc(/C=C/c3ccc4ccc(Cl)cc4n3)c2)CC1. The van der Waals surface area contributed by atoms with Gasteiger partial charge in [-0.1, -0.05) is 78.3 Å². The number of halogens is 1. The van der Waals surface area contributed by atoms with Gasteiger partial charge in [-0.05, 0) is 86.1 Å². The van der Waals surface area contributed by atoms with Crippen LogP contribution in [-0.4, -0.2) is 27.4 Å². The maximum atomic E-state index is 11.7. The molecule has 212 valence electrons. The third-order valence-electron chi connectivity index (χ3n) is 7.47. The first-order chi connectivity index (χ1) is 19.6. The summed E-state index contributed by atoms with van der Waals surface area (Å²) in [5.41, 5.74) is 4.96. The second kappa shape index (κ2) is 12.4. The molecule has 0 bridgehead atoms. The van der Waals surface area contributed by atoms with E-state index >= 15 is 0 Å². The Kier molecular flexibility index (Phi) is 8.88. The minimum atomic E-state index is -0.903. The van der Waals surface area contributed by atoms with Gasteiger partial charge in [-0.3, -0.25) is 4.79 Å². The van der Waals surface area contributed by atoms with Gasteiger partial charge in [0.05, 0.1) is 16.8 Å². The monoisotopic (exact) mass is 585 g/mol. The van der Waals surface area contributed by atoms with Gasteiger partial charge in [0.1, 0.15) is 5.60 Å². The molecule has 1 fully saturated rings. The van der Waals surface area contributed by atoms with E-state index in [1.54, 1.807) is 0 Å². The molecule has 1 aliphatic rings. The van der Waals surface area contributed by atoms with Crippen molar-refractivity contribution in [2.24, 2.45) is 0 Å². The highest BCUT2D eigenvalue weighted by atomic mass is 35.5. The summed E-state index contributed by atoms with van der Waals surface area (Å²) in [4.78, 5) is 16.5. The number of carbonyl (C=O) groups excluding carboxylic acids is 1. The number of esters is 1. The first kappa shape index (κ1) is 29.4. The number of hydrogen-bond donors (Lipinski definition) is 1. The van der Waals surface area contributed by atoms with Crippen LogP contribution in [0.15, 0.2) is 78.9 Å². The number of rotatable bonds is 11. The molecule has 1 aliphatic carbocycles. The van der Waals surface area contributed by atoms with E-state index in [9.17, 15) is 9.90 Å². The number of thioether (sulfide) groups is 1. The Morgan fingerprint density at radius 3 is 2.61 bits per heavy atom. The zero-order valence-corrected chi connectivity index (χ0v) is 25.3. The molecule has 0 amide bonds. The molecule has 1 N–H and O–H groups in total. The van der Waals surface area contributed by atoms with Crippen molar-refractivity contribution in [2.75, 3.05) is 5.75 Å². The van der Waals surface area contributed by atoms with Crippen molar-refractivity contribution in [1.29, 1.82) is 0 Å². The molecule has 6 heteroatoms. The lowest BCUT2D eigenvalue weighted by molar-refractivity contribution is -0.147. The van der Waals surface area contributed by atoms with Gasteiger partial charge in [-0.15, -0.1) is 11.8 Å². The highest BCUT2D eigenvalue weighted by molar-refractivity contribution is 7.99. The highest BCUT2D eigenvalue weighted by Crippen LogP contribution is 2.46. The van der Waals surface area contributed by atoms with Crippen molar-refractivity contribution >= 4 is 52.4 Å². The van der Waals surface area contributed by atoms with Crippen LogP contribution in [-0.2, 0) is 21.6 Å². The van der Waals surface area contributed by atoms with E-state index in [0.717, 1.165) is 64.7 Å². The van der Waals surface area contributed by atoms with Gasteiger partial charge in [0, 0.05) is 28.3 Å². The Morgan fingerprint density at radius 1 is 1.07 bits per heavy atom. The molecular weight excluding hydrogens is 550 g/mol. The molecule has 4 aromatic rings. The molecule has 41 heavy (non-hydrogen) atoms. The van der Waals surface area contributed by atoms with Gasteiger partial charge in [0.15, 0.2) is 0 Å². The van der Waals surface area contributed by atoms with Crippen molar-refractivity contribution in [3.8, 4) is 0 Å². The number of fused-ring (bicyclic) bond motifs is 1. The lowest BCUT2D eigenvalue weighted by Gasteiger charge is -2.24. The molecule has 4 nitrogen and oxygen atoms in total. The molecule has 0 spiro atoms. The molecule has 1 atom stereocenters. The quantitative estimate of drug-likeness (QED) is 0.178. The minimum Gasteiger partial charge on any atom is -0.458 e. The van der Waals surface area contributed by atoms with Crippen LogP contribution in [0.3, 0.4) is 0 Å². The summed E-state index contributed by atoms with van der Waals surface area (Å²) in [6.45, 7) is 5.16. The summed E-state index contributed by atoms with van der Waals surface area (Å²) in [6.07, 6.45) is 7.69. The van der Waals surface area contributed by atoms with E-state index in [-0.39, 0.29) is 16.8 Å². The Labute approximate surface area is 251 Å². The second-order valence-corrected chi connectivity index (χ2v) is 13.0. The number of aryl methyl sites for hydroxylation is 1. The molecule has 1 aromatic heterocycles. The fourth-order valence-electron chi connectivity index (χ4n) is 5.18. The zero-order valence-electron chi connectivity index (χ0n) is 23.8. The van der Waals surface area contributed by atoms with Gasteiger partial charge >= 0.3 is 5.97 Å². The van der Waals surface area contributed by atoms with Crippen LogP contribution in [0.25, 0.3) is 23.1 Å². The average molecular weight is 586 g/mol. The summed E-state index contributed by atoms with van der Waals surface area (Å²) in [5, 5.41) is 12.7. The van der Waals surface area contributed by atoms with E-state index in [2.05, 4.69) is 42.5 Å². The number of nitrogens with zero attached hydrogens (tertiary/aromatic N) is 1. The van der Waals surface area contributed by atoms with Crippen LogP contribution in [0.4, 0.5) is 0 Å². The Balaban J connectivity index is 1.37. The number of aliphatic hydroxyl groups is 1. The standard InChI is InChI=1S/C35H36ClNO3S/c1-24(38)40-35(19-20-35)23-41-33(18-14-26-8-4-5-10-31(26)34(2,3)39)28-9-6-7-25(21-28)11-16-30-17-13-27-12-15-29(36)22-32(27)37-30/h4-13,15-17,21-22,33,39H,14,18-20,23H2,1-3H3/b16-11+/t33-/m1/s1. The second-order valence-electron chi connectivity index (χ2n) is 11.4. The maximum absolute atomic E-state index is 11.7. The molecule has 3 aromatic carbocycles. The lowest BCUT2D eigenvalue weighted by atomic mass is 9.90. The van der Waals surface area contributed by atoms with Gasteiger partial charge in [-0.25, -0.2) is 4.98 Å². The smallest absolute Gasteiger partial charge is 0.303 e. The van der Waals surface area contributed by atoms with E-state index < -0.39 is 5.60 Å². The van der Waals surface area contributed by atoms with Gasteiger partial charge < -0.3 is 9.84 Å². The third kappa shape index (κ3) is 7.79. The fourth-order valence-corrected chi connectivity index (χ4v) is 6.83. The summed E-state index contributed by atoms with van der Waals surface area (Å²) in [5.74, 6) is 0.559. The predicted molar refractivity (Wildman–Crippen MR) is 171 cm³/mol. The van der Waals surface area contributed by atoms with Crippen molar-refractivity contribution in [3.63, 3.8) is 0 Å². The molecular formula is C35H36ClNO3S. The van der Waals surface area contributed by atoms with Crippen LogP contribution in [0.1, 0.15) is 73.2 Å². The van der Waals surface area contributed by atoms with Crippen molar-refractivity contribution in [2.45, 2.75) is 62.9 Å². The first-order valence-electron chi connectivity index (χ1n) is 14.1. The number of benzene rings is 3. The Bertz CT molecular complexity index is 1570. The van der Waals surface area contributed by atoms with Crippen molar-refractivity contribution in [3.05, 3.63) is 112 Å². The number of ether oxygens (including phenoxy) is 1. The zero-order chi connectivity index (χ0) is 29.0. The van der Waals surface area contributed by atoms with Crippen LogP contribution >= 0.6 is 23.4 Å². The summed E-state index contributed by atoms with van der Waals surface area (Å²) >= 11 is 8.03. The van der Waals surface area contributed by atoms with Gasteiger partial charge in [0.25, 0.3) is 0 Å². The predicted octanol–water partition coefficient (Wildman–Crippen LogP) is 8.79. The van der Waals surface area contributed by atoms with Crippen LogP contribution < -0.4 is 0 Å². The molecule has 0 aliphatic heterocycles. The lowest BCUT2D eigenvalue weighted by Crippen LogP contribution is -2.21. The molecule has 0 saturated heterocycles. The number of pyridine rings is 1. The molecule has 1 heterocycles. The third-order valence-corrected chi connectivity index (χ3v) is 9.31. The van der Waals surface area contributed by atoms with Crippen LogP contribution in [0.2, 0.25) is 5.02 Å². The average Bonchev–Trinajstić information content (AvgIpc) is 3.70. The van der Waals surface area contributed by atoms with Crippen LogP contribution in [0, 0.1) is 0 Å². The Morgan fingerprint density at radius 2 is 1.85 bits per heavy atom. The fraction of sp³-hybridized carbons (Fsp3) is 0.314. The Hall–Kier alpha value is -3.12. The van der Waals surface area contributed by atoms with E-state index in [1.807, 2.05) is 74.1 Å². The maximum Gasteiger partial charge on any atom is 0.303 e. The minimum absolute atomic E-state index is 0.201. The van der Waals surface area contributed by atoms with Crippen molar-refractivity contribution in [1.82, 2.24) is 4.98 Å². The van der Waals surface area contributed by atoms with E-state index in [4.69, 9.17) is 21.3 Å². The number of hydrogen-bond acceptors (Lipinski definition) is 5. The number of aromatic nitrogens is 1. The van der Waals surface area contributed by atoms with E-state index in [1.165, 1.54) is 12.5 Å². The van der Waals surface area contributed by atoms with E-state index in [0.29, 0.717) is 5.02 Å².